The number of carbonyl (C=O) groups excluding carboxylic acids is 2. The highest BCUT2D eigenvalue weighted by Crippen LogP contribution is 2.10. The molecule has 0 heterocycles. The number of halogens is 1. The molecule has 2 rings (SSSR count). The third-order valence-electron chi connectivity index (χ3n) is 2.94. The predicted octanol–water partition coefficient (Wildman–Crippen LogP) is 2.68. The Morgan fingerprint density at radius 1 is 1.17 bits per heavy atom. The molecular weight excluding hydrogens is 316 g/mol. The summed E-state index contributed by atoms with van der Waals surface area (Å²) in [5.41, 5.74) is 1.43. The van der Waals surface area contributed by atoms with Gasteiger partial charge in [-0.3, -0.25) is 4.79 Å². The molecule has 0 aliphatic rings. The first-order chi connectivity index (χ1) is 11.1. The minimum atomic E-state index is -0.653. The molecule has 0 saturated carbocycles. The Bertz CT molecular complexity index is 768. The third-order valence-corrected chi connectivity index (χ3v) is 3.18. The molecule has 0 radical (unpaired) electrons. The number of nitrogens with zero attached hydrogens (tertiary/aromatic N) is 1. The minimum Gasteiger partial charge on any atom is -0.452 e. The van der Waals surface area contributed by atoms with Crippen molar-refractivity contribution in [2.75, 3.05) is 6.61 Å². The van der Waals surface area contributed by atoms with Gasteiger partial charge in [0.05, 0.1) is 17.2 Å². The number of hydrogen-bond donors (Lipinski definition) is 1. The normalized spacial score (nSPS) is 9.74. The van der Waals surface area contributed by atoms with Gasteiger partial charge in [-0.15, -0.1) is 0 Å². The van der Waals surface area contributed by atoms with E-state index in [1.54, 1.807) is 30.3 Å². The van der Waals surface area contributed by atoms with Gasteiger partial charge in [-0.25, -0.2) is 4.79 Å². The van der Waals surface area contributed by atoms with E-state index in [1.165, 1.54) is 12.1 Å². The second kappa shape index (κ2) is 7.97. The molecule has 1 N–H and O–H groups in total. The lowest BCUT2D eigenvalue weighted by Gasteiger charge is -2.07. The van der Waals surface area contributed by atoms with Gasteiger partial charge in [0.25, 0.3) is 5.91 Å². The van der Waals surface area contributed by atoms with Crippen LogP contribution < -0.4 is 5.32 Å². The SMILES string of the molecule is N#Cc1cccc(C(=O)OCC(=O)NCc2cccc(Cl)c2)c1. The van der Waals surface area contributed by atoms with Crippen molar-refractivity contribution < 1.29 is 14.3 Å². The van der Waals surface area contributed by atoms with Crippen LogP contribution in [0, 0.1) is 11.3 Å². The average molecular weight is 329 g/mol. The Hall–Kier alpha value is -2.84. The molecule has 0 saturated heterocycles. The van der Waals surface area contributed by atoms with Gasteiger partial charge in [-0.05, 0) is 35.9 Å². The summed E-state index contributed by atoms with van der Waals surface area (Å²) in [7, 11) is 0. The highest BCUT2D eigenvalue weighted by atomic mass is 35.5. The van der Waals surface area contributed by atoms with E-state index in [0.29, 0.717) is 17.1 Å². The van der Waals surface area contributed by atoms with Gasteiger partial charge in [0.1, 0.15) is 0 Å². The van der Waals surface area contributed by atoms with Gasteiger partial charge in [0.15, 0.2) is 6.61 Å². The third kappa shape index (κ3) is 5.13. The summed E-state index contributed by atoms with van der Waals surface area (Å²) in [6.45, 7) is -0.100. The van der Waals surface area contributed by atoms with E-state index in [4.69, 9.17) is 21.6 Å². The minimum absolute atomic E-state index is 0.228. The van der Waals surface area contributed by atoms with Crippen molar-refractivity contribution >= 4 is 23.5 Å². The standard InChI is InChI=1S/C17H13ClN2O3/c18-15-6-2-4-13(8-15)10-20-16(21)11-23-17(22)14-5-1-3-12(7-14)9-19/h1-8H,10-11H2,(H,20,21). The van der Waals surface area contributed by atoms with Gasteiger partial charge in [-0.2, -0.15) is 5.26 Å². The van der Waals surface area contributed by atoms with E-state index in [1.807, 2.05) is 12.1 Å². The first-order valence-corrected chi connectivity index (χ1v) is 7.14. The fraction of sp³-hybridized carbons (Fsp3) is 0.118. The molecule has 23 heavy (non-hydrogen) atoms. The summed E-state index contributed by atoms with van der Waals surface area (Å²) in [5, 5.41) is 12.0. The van der Waals surface area contributed by atoms with Crippen molar-refractivity contribution in [1.29, 1.82) is 5.26 Å². The zero-order valence-electron chi connectivity index (χ0n) is 12.1. The van der Waals surface area contributed by atoms with Crippen LogP contribution in [0.3, 0.4) is 0 Å². The fourth-order valence-corrected chi connectivity index (χ4v) is 2.04. The van der Waals surface area contributed by atoms with Crippen molar-refractivity contribution in [1.82, 2.24) is 5.32 Å². The number of nitriles is 1. The van der Waals surface area contributed by atoms with E-state index in [9.17, 15) is 9.59 Å². The lowest BCUT2D eigenvalue weighted by molar-refractivity contribution is -0.124. The summed E-state index contributed by atoms with van der Waals surface area (Å²) in [6.07, 6.45) is 0. The summed E-state index contributed by atoms with van der Waals surface area (Å²) in [5.74, 6) is -1.07. The first kappa shape index (κ1) is 16.5. The molecule has 0 unspecified atom stereocenters. The zero-order valence-corrected chi connectivity index (χ0v) is 12.8. The monoisotopic (exact) mass is 328 g/mol. The maximum Gasteiger partial charge on any atom is 0.338 e. The highest BCUT2D eigenvalue weighted by molar-refractivity contribution is 6.30. The maximum absolute atomic E-state index is 11.8. The molecule has 116 valence electrons. The van der Waals surface area contributed by atoms with Crippen molar-refractivity contribution in [2.24, 2.45) is 0 Å². The first-order valence-electron chi connectivity index (χ1n) is 6.77. The lowest BCUT2D eigenvalue weighted by Crippen LogP contribution is -2.28. The van der Waals surface area contributed by atoms with Crippen LogP contribution in [0.4, 0.5) is 0 Å². The summed E-state index contributed by atoms with van der Waals surface area (Å²) in [6, 6.07) is 15.1. The number of hydrogen-bond acceptors (Lipinski definition) is 4. The van der Waals surface area contributed by atoms with Gasteiger partial charge in [0, 0.05) is 11.6 Å². The average Bonchev–Trinajstić information content (AvgIpc) is 2.58. The van der Waals surface area contributed by atoms with Crippen LogP contribution in [0.25, 0.3) is 0 Å². The number of ether oxygens (including phenoxy) is 1. The van der Waals surface area contributed by atoms with Crippen LogP contribution in [0.2, 0.25) is 5.02 Å². The Morgan fingerprint density at radius 2 is 1.96 bits per heavy atom. The molecule has 0 aliphatic heterocycles. The van der Waals surface area contributed by atoms with E-state index in [-0.39, 0.29) is 5.56 Å². The van der Waals surface area contributed by atoms with Crippen molar-refractivity contribution in [3.8, 4) is 6.07 Å². The predicted molar refractivity (Wildman–Crippen MR) is 84.7 cm³/mol. The van der Waals surface area contributed by atoms with Crippen LogP contribution in [0.15, 0.2) is 48.5 Å². The Labute approximate surface area is 138 Å². The van der Waals surface area contributed by atoms with Crippen molar-refractivity contribution in [3.63, 3.8) is 0 Å². The Kier molecular flexibility index (Phi) is 5.73. The number of benzene rings is 2. The van der Waals surface area contributed by atoms with E-state index < -0.39 is 18.5 Å². The lowest BCUT2D eigenvalue weighted by atomic mass is 10.1. The molecule has 0 aromatic heterocycles. The highest BCUT2D eigenvalue weighted by Gasteiger charge is 2.10. The van der Waals surface area contributed by atoms with Crippen LogP contribution in [-0.2, 0) is 16.1 Å². The molecule has 2 aromatic carbocycles. The number of esters is 1. The topological polar surface area (TPSA) is 79.2 Å². The summed E-state index contributed by atoms with van der Waals surface area (Å²) in [4.78, 5) is 23.5. The van der Waals surface area contributed by atoms with Crippen LogP contribution in [0.1, 0.15) is 21.5 Å². The van der Waals surface area contributed by atoms with E-state index in [0.717, 1.165) is 5.56 Å². The molecule has 5 nitrogen and oxygen atoms in total. The van der Waals surface area contributed by atoms with Crippen molar-refractivity contribution in [2.45, 2.75) is 6.54 Å². The summed E-state index contributed by atoms with van der Waals surface area (Å²) < 4.78 is 4.92. The van der Waals surface area contributed by atoms with Gasteiger partial charge < -0.3 is 10.1 Å². The Morgan fingerprint density at radius 3 is 2.70 bits per heavy atom. The molecule has 0 fully saturated rings. The Balaban J connectivity index is 1.82. The molecule has 0 spiro atoms. The molecule has 6 heteroatoms. The van der Waals surface area contributed by atoms with Crippen molar-refractivity contribution in [3.05, 3.63) is 70.2 Å². The molecule has 1 amide bonds. The number of amides is 1. The smallest absolute Gasteiger partial charge is 0.338 e. The quantitative estimate of drug-likeness (QED) is 0.856. The van der Waals surface area contributed by atoms with E-state index in [2.05, 4.69) is 5.32 Å². The second-order valence-corrected chi connectivity index (χ2v) is 5.11. The molecular formula is C17H13ClN2O3. The molecule has 0 bridgehead atoms. The maximum atomic E-state index is 11.8. The molecule has 2 aromatic rings. The van der Waals surface area contributed by atoms with E-state index >= 15 is 0 Å². The van der Waals surface area contributed by atoms with Gasteiger partial charge in [-0.1, -0.05) is 29.8 Å². The number of rotatable bonds is 5. The molecule has 0 aliphatic carbocycles. The zero-order chi connectivity index (χ0) is 16.7. The van der Waals surface area contributed by atoms with Crippen LogP contribution in [-0.4, -0.2) is 18.5 Å². The van der Waals surface area contributed by atoms with Crippen LogP contribution >= 0.6 is 11.6 Å². The molecule has 0 atom stereocenters. The van der Waals surface area contributed by atoms with Gasteiger partial charge >= 0.3 is 5.97 Å². The number of nitrogens with one attached hydrogen (secondary N) is 1. The number of carbonyl (C=O) groups is 2. The summed E-state index contributed by atoms with van der Waals surface area (Å²) >= 11 is 5.85. The second-order valence-electron chi connectivity index (χ2n) is 4.68. The fourth-order valence-electron chi connectivity index (χ4n) is 1.83. The van der Waals surface area contributed by atoms with Crippen LogP contribution in [0.5, 0.6) is 0 Å². The van der Waals surface area contributed by atoms with Gasteiger partial charge in [0.2, 0.25) is 0 Å². The largest absolute Gasteiger partial charge is 0.452 e.